The van der Waals surface area contributed by atoms with Crippen LogP contribution in [0.1, 0.15) is 16.7 Å². The van der Waals surface area contributed by atoms with E-state index in [0.29, 0.717) is 23.2 Å². The van der Waals surface area contributed by atoms with Gasteiger partial charge in [0, 0.05) is 5.69 Å². The second kappa shape index (κ2) is 10.2. The summed E-state index contributed by atoms with van der Waals surface area (Å²) in [6, 6.07) is 23.5. The van der Waals surface area contributed by atoms with Crippen molar-refractivity contribution in [1.82, 2.24) is 5.43 Å². The SMILES string of the molecule is COc1cc(C=NNC(=S)Nc2ccccc2)ccc1OCc1cccc(C)c1. The van der Waals surface area contributed by atoms with Crippen LogP contribution in [-0.4, -0.2) is 18.4 Å². The molecule has 0 unspecified atom stereocenters. The minimum absolute atomic E-state index is 0.414. The summed E-state index contributed by atoms with van der Waals surface area (Å²) in [5, 5.41) is 7.64. The first-order valence-corrected chi connectivity index (χ1v) is 9.56. The number of thiocarbonyl (C=S) groups is 1. The number of benzene rings is 3. The van der Waals surface area contributed by atoms with Crippen LogP contribution in [0.25, 0.3) is 0 Å². The highest BCUT2D eigenvalue weighted by atomic mass is 32.1. The third kappa shape index (κ3) is 6.33. The van der Waals surface area contributed by atoms with Crippen LogP contribution in [0.3, 0.4) is 0 Å². The predicted molar refractivity (Wildman–Crippen MR) is 122 cm³/mol. The molecule has 29 heavy (non-hydrogen) atoms. The average Bonchev–Trinajstić information content (AvgIpc) is 2.73. The van der Waals surface area contributed by atoms with Crippen molar-refractivity contribution < 1.29 is 9.47 Å². The van der Waals surface area contributed by atoms with Crippen molar-refractivity contribution in [2.24, 2.45) is 5.10 Å². The van der Waals surface area contributed by atoms with E-state index < -0.39 is 0 Å². The Morgan fingerprint density at radius 1 is 1.00 bits per heavy atom. The first-order valence-electron chi connectivity index (χ1n) is 9.15. The molecule has 148 valence electrons. The van der Waals surface area contributed by atoms with Gasteiger partial charge in [0.2, 0.25) is 0 Å². The van der Waals surface area contributed by atoms with Gasteiger partial charge in [-0.3, -0.25) is 5.43 Å². The van der Waals surface area contributed by atoms with E-state index in [1.54, 1.807) is 13.3 Å². The molecule has 0 heterocycles. The molecule has 0 saturated carbocycles. The number of ether oxygens (including phenoxy) is 2. The molecule has 0 radical (unpaired) electrons. The average molecular weight is 406 g/mol. The van der Waals surface area contributed by atoms with Crippen LogP contribution < -0.4 is 20.2 Å². The largest absolute Gasteiger partial charge is 0.493 e. The zero-order chi connectivity index (χ0) is 20.5. The number of hydrazone groups is 1. The van der Waals surface area contributed by atoms with Gasteiger partial charge in [0.05, 0.1) is 13.3 Å². The van der Waals surface area contributed by atoms with E-state index in [9.17, 15) is 0 Å². The zero-order valence-corrected chi connectivity index (χ0v) is 17.2. The van der Waals surface area contributed by atoms with Gasteiger partial charge in [-0.2, -0.15) is 5.10 Å². The Balaban J connectivity index is 1.57. The molecule has 5 nitrogen and oxygen atoms in total. The molecule has 0 fully saturated rings. The van der Waals surface area contributed by atoms with Gasteiger partial charge in [0.15, 0.2) is 16.6 Å². The molecule has 0 amide bonds. The number of aryl methyl sites for hydroxylation is 1. The van der Waals surface area contributed by atoms with Crippen LogP contribution in [0.15, 0.2) is 77.9 Å². The van der Waals surface area contributed by atoms with E-state index in [1.807, 2.05) is 60.7 Å². The predicted octanol–water partition coefficient (Wildman–Crippen LogP) is 4.90. The van der Waals surface area contributed by atoms with Crippen LogP contribution in [0.5, 0.6) is 11.5 Å². The Morgan fingerprint density at radius 3 is 2.59 bits per heavy atom. The van der Waals surface area contributed by atoms with Crippen molar-refractivity contribution in [3.63, 3.8) is 0 Å². The normalized spacial score (nSPS) is 10.6. The Kier molecular flexibility index (Phi) is 7.19. The fourth-order valence-electron chi connectivity index (χ4n) is 2.69. The van der Waals surface area contributed by atoms with Gasteiger partial charge in [0.25, 0.3) is 0 Å². The summed E-state index contributed by atoms with van der Waals surface area (Å²) in [6.45, 7) is 2.54. The Bertz CT molecular complexity index is 990. The number of rotatable bonds is 7. The molecule has 0 aliphatic rings. The van der Waals surface area contributed by atoms with Gasteiger partial charge in [0.1, 0.15) is 6.61 Å². The lowest BCUT2D eigenvalue weighted by Gasteiger charge is -2.12. The molecule has 0 saturated heterocycles. The zero-order valence-electron chi connectivity index (χ0n) is 16.4. The number of nitrogens with zero attached hydrogens (tertiary/aromatic N) is 1. The van der Waals surface area contributed by atoms with Gasteiger partial charge in [-0.05, 0) is 60.6 Å². The lowest BCUT2D eigenvalue weighted by atomic mass is 10.1. The number of hydrogen-bond donors (Lipinski definition) is 2. The second-order valence-electron chi connectivity index (χ2n) is 6.38. The van der Waals surface area contributed by atoms with Crippen molar-refractivity contribution in [3.8, 4) is 11.5 Å². The van der Waals surface area contributed by atoms with Crippen molar-refractivity contribution in [1.29, 1.82) is 0 Å². The number of nitrogens with one attached hydrogen (secondary N) is 2. The van der Waals surface area contributed by atoms with Crippen molar-refractivity contribution in [2.45, 2.75) is 13.5 Å². The van der Waals surface area contributed by atoms with E-state index >= 15 is 0 Å². The van der Waals surface area contributed by atoms with E-state index in [2.05, 4.69) is 34.9 Å². The lowest BCUT2D eigenvalue weighted by molar-refractivity contribution is 0.284. The van der Waals surface area contributed by atoms with E-state index in [1.165, 1.54) is 5.56 Å². The summed E-state index contributed by atoms with van der Waals surface area (Å²) in [5.74, 6) is 1.33. The highest BCUT2D eigenvalue weighted by Gasteiger charge is 2.06. The van der Waals surface area contributed by atoms with Gasteiger partial charge < -0.3 is 14.8 Å². The molecule has 2 N–H and O–H groups in total. The van der Waals surface area contributed by atoms with Crippen LogP contribution in [0, 0.1) is 6.92 Å². The molecular formula is C23H23N3O2S. The van der Waals surface area contributed by atoms with Gasteiger partial charge in [-0.1, -0.05) is 48.0 Å². The molecular weight excluding hydrogens is 382 g/mol. The Hall–Kier alpha value is -3.38. The van der Waals surface area contributed by atoms with Crippen molar-refractivity contribution in [2.75, 3.05) is 12.4 Å². The quantitative estimate of drug-likeness (QED) is 0.333. The van der Waals surface area contributed by atoms with Gasteiger partial charge in [-0.15, -0.1) is 0 Å². The summed E-state index contributed by atoms with van der Waals surface area (Å²) >= 11 is 5.23. The van der Waals surface area contributed by atoms with E-state index in [-0.39, 0.29) is 0 Å². The fourth-order valence-corrected chi connectivity index (χ4v) is 2.86. The maximum absolute atomic E-state index is 5.92. The molecule has 0 aromatic heterocycles. The Labute approximate surface area is 176 Å². The van der Waals surface area contributed by atoms with Gasteiger partial charge in [-0.25, -0.2) is 0 Å². The van der Waals surface area contributed by atoms with E-state index in [4.69, 9.17) is 21.7 Å². The summed E-state index contributed by atoms with van der Waals surface area (Å²) in [6.07, 6.45) is 1.67. The summed E-state index contributed by atoms with van der Waals surface area (Å²) < 4.78 is 11.4. The second-order valence-corrected chi connectivity index (χ2v) is 6.79. The highest BCUT2D eigenvalue weighted by molar-refractivity contribution is 7.80. The molecule has 0 aliphatic heterocycles. The molecule has 0 spiro atoms. The minimum Gasteiger partial charge on any atom is -0.493 e. The van der Waals surface area contributed by atoms with E-state index in [0.717, 1.165) is 16.8 Å². The number of methoxy groups -OCH3 is 1. The first-order chi connectivity index (χ1) is 14.1. The van der Waals surface area contributed by atoms with Crippen LogP contribution in [-0.2, 0) is 6.61 Å². The standard InChI is InChI=1S/C23H23N3O2S/c1-17-7-6-8-19(13-17)16-28-21-12-11-18(14-22(21)27-2)15-24-26-23(29)25-20-9-4-3-5-10-20/h3-15H,16H2,1-2H3,(H2,25,26,29). The van der Waals surface area contributed by atoms with Crippen molar-refractivity contribution >= 4 is 29.2 Å². The molecule has 0 aliphatic carbocycles. The molecule has 3 rings (SSSR count). The number of para-hydroxylation sites is 1. The molecule has 0 atom stereocenters. The molecule has 6 heteroatoms. The smallest absolute Gasteiger partial charge is 0.191 e. The highest BCUT2D eigenvalue weighted by Crippen LogP contribution is 2.28. The lowest BCUT2D eigenvalue weighted by Crippen LogP contribution is -2.23. The maximum Gasteiger partial charge on any atom is 0.191 e. The number of anilines is 1. The maximum atomic E-state index is 5.92. The van der Waals surface area contributed by atoms with Crippen LogP contribution >= 0.6 is 12.2 Å². The summed E-state index contributed by atoms with van der Waals surface area (Å²) in [5.41, 5.74) is 6.88. The fraction of sp³-hybridized carbons (Fsp3) is 0.130. The third-order valence-electron chi connectivity index (χ3n) is 4.08. The molecule has 3 aromatic carbocycles. The monoisotopic (exact) mass is 405 g/mol. The van der Waals surface area contributed by atoms with Crippen LogP contribution in [0.4, 0.5) is 5.69 Å². The van der Waals surface area contributed by atoms with Crippen LogP contribution in [0.2, 0.25) is 0 Å². The minimum atomic E-state index is 0.414. The third-order valence-corrected chi connectivity index (χ3v) is 4.27. The first kappa shape index (κ1) is 20.4. The molecule has 0 bridgehead atoms. The van der Waals surface area contributed by atoms with Crippen molar-refractivity contribution in [3.05, 3.63) is 89.5 Å². The summed E-state index contributed by atoms with van der Waals surface area (Å²) in [7, 11) is 1.62. The molecule has 3 aromatic rings. The summed E-state index contributed by atoms with van der Waals surface area (Å²) in [4.78, 5) is 0. The Morgan fingerprint density at radius 2 is 1.83 bits per heavy atom. The number of hydrogen-bond acceptors (Lipinski definition) is 4. The topological polar surface area (TPSA) is 54.9 Å². The van der Waals surface area contributed by atoms with Gasteiger partial charge >= 0.3 is 0 Å².